The van der Waals surface area contributed by atoms with Crippen molar-refractivity contribution in [3.8, 4) is 0 Å². The van der Waals surface area contributed by atoms with Gasteiger partial charge in [0, 0.05) is 31.3 Å². The van der Waals surface area contributed by atoms with E-state index in [0.29, 0.717) is 31.6 Å². The minimum absolute atomic E-state index is 0.0684. The number of amides is 2. The van der Waals surface area contributed by atoms with Crippen molar-refractivity contribution in [2.24, 2.45) is 11.1 Å². The maximum Gasteiger partial charge on any atom is 0.410 e. The van der Waals surface area contributed by atoms with E-state index in [1.165, 1.54) is 18.1 Å². The number of oxime groups is 1. The Morgan fingerprint density at radius 3 is 2.71 bits per heavy atom. The van der Waals surface area contributed by atoms with Crippen molar-refractivity contribution < 1.29 is 28.7 Å². The van der Waals surface area contributed by atoms with Crippen molar-refractivity contribution in [3.05, 3.63) is 12.7 Å². The Labute approximate surface area is 170 Å². The molecule has 0 aromatic rings. The van der Waals surface area contributed by atoms with E-state index in [1.54, 1.807) is 11.8 Å². The van der Waals surface area contributed by atoms with Crippen molar-refractivity contribution >= 4 is 36.3 Å². The predicted molar refractivity (Wildman–Crippen MR) is 105 cm³/mol. The van der Waals surface area contributed by atoms with Gasteiger partial charge in [-0.25, -0.2) is 4.79 Å². The fraction of sp³-hybridized carbons (Fsp3) is 0.667. The number of esters is 1. The zero-order chi connectivity index (χ0) is 20.7. The van der Waals surface area contributed by atoms with Crippen LogP contribution in [0.25, 0.3) is 0 Å². The first-order valence-electron chi connectivity index (χ1n) is 9.20. The molecule has 2 aliphatic heterocycles. The molecule has 3 atom stereocenters. The second-order valence-corrected chi connectivity index (χ2v) is 7.26. The number of carbonyl (C=O) groups excluding carboxylic acids is 3. The molecule has 0 N–H and O–H groups in total. The van der Waals surface area contributed by atoms with Gasteiger partial charge in [0.15, 0.2) is 0 Å². The third-order valence-electron chi connectivity index (χ3n) is 4.66. The molecule has 2 fully saturated rings. The molecule has 2 aliphatic rings. The fourth-order valence-corrected chi connectivity index (χ4v) is 3.77. The number of nitrogens with zero attached hydrogens (tertiary/aromatic N) is 3. The van der Waals surface area contributed by atoms with Gasteiger partial charge in [0.2, 0.25) is 5.91 Å². The molecule has 28 heavy (non-hydrogen) atoms. The van der Waals surface area contributed by atoms with Crippen LogP contribution in [0.15, 0.2) is 17.8 Å². The second kappa shape index (κ2) is 10.4. The average Bonchev–Trinajstić information content (AvgIpc) is 3.08. The van der Waals surface area contributed by atoms with Crippen LogP contribution < -0.4 is 0 Å². The first-order valence-corrected chi connectivity index (χ1v) is 9.72. The predicted octanol–water partition coefficient (Wildman–Crippen LogP) is 1.10. The van der Waals surface area contributed by atoms with Crippen molar-refractivity contribution in [1.82, 2.24) is 9.80 Å². The van der Waals surface area contributed by atoms with Gasteiger partial charge in [-0.05, 0) is 13.3 Å². The lowest BCUT2D eigenvalue weighted by Crippen LogP contribution is -2.53. The van der Waals surface area contributed by atoms with E-state index >= 15 is 0 Å². The van der Waals surface area contributed by atoms with Gasteiger partial charge < -0.3 is 19.2 Å². The Hall–Kier alpha value is -2.23. The monoisotopic (exact) mass is 413 g/mol. The van der Waals surface area contributed by atoms with Crippen LogP contribution in [0.2, 0.25) is 0 Å². The molecule has 0 aromatic heterocycles. The quantitative estimate of drug-likeness (QED) is 0.303. The van der Waals surface area contributed by atoms with Crippen LogP contribution in [0.3, 0.4) is 0 Å². The summed E-state index contributed by atoms with van der Waals surface area (Å²) in [6.07, 6.45) is 1.70. The minimum Gasteiger partial charge on any atom is -0.465 e. The highest BCUT2D eigenvalue weighted by Crippen LogP contribution is 2.26. The summed E-state index contributed by atoms with van der Waals surface area (Å²) < 4.78 is 10.2. The highest BCUT2D eigenvalue weighted by molar-refractivity contribution is 7.81. The lowest BCUT2D eigenvalue weighted by atomic mass is 9.95. The summed E-state index contributed by atoms with van der Waals surface area (Å²) in [6, 6.07) is -0.677. The van der Waals surface area contributed by atoms with Gasteiger partial charge in [0.05, 0.1) is 12.3 Å². The SMILES string of the molecule is C=CCOC(=O)N1C[C@@H](S)C[C@H]1C(=O)N1CC/C(=N/OC)C(C(=O)OCC)C1. The van der Waals surface area contributed by atoms with E-state index in [9.17, 15) is 14.4 Å². The first-order chi connectivity index (χ1) is 13.4. The summed E-state index contributed by atoms with van der Waals surface area (Å²) >= 11 is 4.43. The molecule has 0 spiro atoms. The van der Waals surface area contributed by atoms with Crippen molar-refractivity contribution in [2.45, 2.75) is 31.1 Å². The number of rotatable bonds is 6. The molecular weight excluding hydrogens is 386 g/mol. The molecule has 0 saturated carbocycles. The molecule has 2 heterocycles. The van der Waals surface area contributed by atoms with Crippen LogP contribution in [0, 0.1) is 5.92 Å². The number of hydrogen-bond acceptors (Lipinski definition) is 8. The van der Waals surface area contributed by atoms with Crippen molar-refractivity contribution in [3.63, 3.8) is 0 Å². The lowest BCUT2D eigenvalue weighted by molar-refractivity contribution is -0.148. The number of hydrogen-bond donors (Lipinski definition) is 1. The largest absolute Gasteiger partial charge is 0.465 e. The standard InChI is InChI=1S/C18H27N3O6S/c1-4-8-27-18(24)21-10-12(28)9-15(21)16(22)20-7-6-14(19-25-3)13(11-20)17(23)26-5-2/h4,12-13,15,28H,1,5-11H2,2-3H3/b19-14-/t12-,13?,15-/m0/s1. The van der Waals surface area contributed by atoms with Crippen LogP contribution in [-0.2, 0) is 23.9 Å². The zero-order valence-corrected chi connectivity index (χ0v) is 17.1. The number of ether oxygens (including phenoxy) is 2. The summed E-state index contributed by atoms with van der Waals surface area (Å²) in [5.74, 6) is -1.37. The van der Waals surface area contributed by atoms with Crippen LogP contribution in [0.1, 0.15) is 19.8 Å². The molecule has 2 amide bonds. The molecule has 0 bridgehead atoms. The van der Waals surface area contributed by atoms with Gasteiger partial charge in [-0.1, -0.05) is 17.8 Å². The van der Waals surface area contributed by atoms with E-state index < -0.39 is 24.0 Å². The number of carbonyl (C=O) groups is 3. The van der Waals surface area contributed by atoms with Gasteiger partial charge in [0.25, 0.3) is 0 Å². The molecule has 0 aliphatic carbocycles. The third-order valence-corrected chi connectivity index (χ3v) is 5.03. The fourth-order valence-electron chi connectivity index (χ4n) is 3.39. The summed E-state index contributed by atoms with van der Waals surface area (Å²) in [5.41, 5.74) is 0.547. The van der Waals surface area contributed by atoms with Gasteiger partial charge in [-0.3, -0.25) is 14.5 Å². The Kier molecular flexibility index (Phi) is 8.16. The Bertz CT molecular complexity index is 641. The first kappa shape index (κ1) is 22.1. The van der Waals surface area contributed by atoms with Gasteiger partial charge in [-0.15, -0.1) is 0 Å². The highest BCUT2D eigenvalue weighted by Gasteiger charge is 2.43. The normalized spacial score (nSPS) is 26.1. The Balaban J connectivity index is 2.13. The molecule has 2 saturated heterocycles. The summed E-state index contributed by atoms with van der Waals surface area (Å²) in [7, 11) is 1.41. The second-order valence-electron chi connectivity index (χ2n) is 6.53. The van der Waals surface area contributed by atoms with E-state index in [1.807, 2.05) is 0 Å². The van der Waals surface area contributed by atoms with Crippen LogP contribution in [0.5, 0.6) is 0 Å². The number of piperidine rings is 1. The van der Waals surface area contributed by atoms with Crippen molar-refractivity contribution in [1.29, 1.82) is 0 Å². The maximum absolute atomic E-state index is 13.1. The topological polar surface area (TPSA) is 97.7 Å². The highest BCUT2D eigenvalue weighted by atomic mass is 32.1. The lowest BCUT2D eigenvalue weighted by Gasteiger charge is -2.35. The van der Waals surface area contributed by atoms with E-state index in [-0.39, 0.29) is 30.9 Å². The van der Waals surface area contributed by atoms with E-state index in [2.05, 4.69) is 24.4 Å². The maximum atomic E-state index is 13.1. The van der Waals surface area contributed by atoms with Gasteiger partial charge in [-0.2, -0.15) is 12.6 Å². The average molecular weight is 413 g/mol. The molecular formula is C18H27N3O6S. The zero-order valence-electron chi connectivity index (χ0n) is 16.2. The molecule has 1 unspecified atom stereocenters. The Morgan fingerprint density at radius 2 is 2.07 bits per heavy atom. The molecule has 156 valence electrons. The summed E-state index contributed by atoms with van der Waals surface area (Å²) in [6.45, 7) is 6.35. The van der Waals surface area contributed by atoms with Crippen LogP contribution in [-0.4, -0.2) is 84.7 Å². The molecule has 9 nitrogen and oxygen atoms in total. The number of likely N-dealkylation sites (tertiary alicyclic amines) is 2. The Morgan fingerprint density at radius 1 is 1.32 bits per heavy atom. The number of thiol groups is 1. The minimum atomic E-state index is -0.688. The van der Waals surface area contributed by atoms with E-state index in [4.69, 9.17) is 14.3 Å². The molecule has 2 rings (SSSR count). The summed E-state index contributed by atoms with van der Waals surface area (Å²) in [5, 5.41) is 3.80. The molecule has 0 radical (unpaired) electrons. The summed E-state index contributed by atoms with van der Waals surface area (Å²) in [4.78, 5) is 45.5. The van der Waals surface area contributed by atoms with Crippen LogP contribution >= 0.6 is 12.6 Å². The van der Waals surface area contributed by atoms with E-state index in [0.717, 1.165) is 0 Å². The third kappa shape index (κ3) is 5.18. The molecule has 10 heteroatoms. The van der Waals surface area contributed by atoms with Crippen molar-refractivity contribution in [2.75, 3.05) is 40.0 Å². The molecule has 0 aromatic carbocycles. The van der Waals surface area contributed by atoms with Crippen LogP contribution in [0.4, 0.5) is 4.79 Å². The van der Waals surface area contributed by atoms with Gasteiger partial charge >= 0.3 is 12.1 Å². The van der Waals surface area contributed by atoms with Gasteiger partial charge in [0.1, 0.15) is 25.7 Å². The smallest absolute Gasteiger partial charge is 0.410 e.